The molecule has 0 unspecified atom stereocenters. The number of carboxylic acids is 2. The minimum Gasteiger partial charge on any atom is -0.478 e. The van der Waals surface area contributed by atoms with Crippen LogP contribution in [0.15, 0.2) is 36.4 Å². The molecule has 0 saturated carbocycles. The number of rotatable bonds is 2. The molecule has 0 amide bonds. The summed E-state index contributed by atoms with van der Waals surface area (Å²) in [6, 6.07) is 10.5. The Morgan fingerprint density at radius 2 is 0.826 bits per heavy atom. The van der Waals surface area contributed by atoms with Gasteiger partial charge in [0.15, 0.2) is 0 Å². The third-order valence-corrected chi connectivity index (χ3v) is 2.94. The summed E-state index contributed by atoms with van der Waals surface area (Å²) < 4.78 is 0. The average molecular weight is 413 g/mol. The molecule has 0 bridgehead atoms. The van der Waals surface area contributed by atoms with E-state index in [9.17, 15) is 9.59 Å². The second kappa shape index (κ2) is 9.44. The Kier molecular flexibility index (Phi) is 8.75. The van der Waals surface area contributed by atoms with E-state index in [2.05, 4.69) is 0 Å². The van der Waals surface area contributed by atoms with Crippen LogP contribution in [0.25, 0.3) is 0 Å². The molecule has 0 aliphatic carbocycles. The van der Waals surface area contributed by atoms with Crippen molar-refractivity contribution in [1.29, 1.82) is 0 Å². The molecule has 2 rings (SSSR count). The fourth-order valence-corrected chi connectivity index (χ4v) is 2.20. The van der Waals surface area contributed by atoms with E-state index >= 15 is 0 Å². The van der Waals surface area contributed by atoms with E-state index < -0.39 is 11.9 Å². The number of hydrogen-bond acceptors (Lipinski definition) is 2. The summed E-state index contributed by atoms with van der Waals surface area (Å²) in [5, 5.41) is 17.3. The van der Waals surface area contributed by atoms with Gasteiger partial charge in [-0.3, -0.25) is 0 Å². The zero-order valence-corrected chi connectivity index (χ0v) is 17.9. The summed E-state index contributed by atoms with van der Waals surface area (Å²) in [6.45, 7) is 7.55. The van der Waals surface area contributed by atoms with Gasteiger partial charge in [-0.25, -0.2) is 9.59 Å². The molecule has 0 aromatic heterocycles. The van der Waals surface area contributed by atoms with Crippen LogP contribution >= 0.6 is 0 Å². The van der Waals surface area contributed by atoms with Gasteiger partial charge in [-0.2, -0.15) is 0 Å². The van der Waals surface area contributed by atoms with E-state index in [0.717, 1.165) is 22.3 Å². The topological polar surface area (TPSA) is 74.6 Å². The quantitative estimate of drug-likeness (QED) is 0.731. The Labute approximate surface area is 156 Å². The van der Waals surface area contributed by atoms with E-state index in [1.165, 1.54) is 0 Å². The Hall–Kier alpha value is -1.70. The van der Waals surface area contributed by atoms with Crippen LogP contribution in [-0.2, 0) is 27.3 Å². The van der Waals surface area contributed by atoms with Crippen molar-refractivity contribution in [3.63, 3.8) is 0 Å². The van der Waals surface area contributed by atoms with Crippen molar-refractivity contribution < 1.29 is 47.1 Å². The van der Waals surface area contributed by atoms with Crippen molar-refractivity contribution in [3.05, 3.63) is 69.8 Å². The summed E-state index contributed by atoms with van der Waals surface area (Å²) >= 11 is 0. The van der Waals surface area contributed by atoms with Crippen molar-refractivity contribution >= 4 is 11.9 Å². The minimum absolute atomic E-state index is 0. The van der Waals surface area contributed by atoms with Crippen LogP contribution in [0.4, 0.5) is 0 Å². The molecule has 0 fully saturated rings. The van der Waals surface area contributed by atoms with Gasteiger partial charge in [0.2, 0.25) is 0 Å². The van der Waals surface area contributed by atoms with Gasteiger partial charge in [0.1, 0.15) is 0 Å². The molecular formula is C18H20CdO4. The predicted molar refractivity (Wildman–Crippen MR) is 85.8 cm³/mol. The van der Waals surface area contributed by atoms with Crippen LogP contribution in [0.5, 0.6) is 0 Å². The monoisotopic (exact) mass is 414 g/mol. The summed E-state index contributed by atoms with van der Waals surface area (Å²) in [7, 11) is 0. The van der Waals surface area contributed by atoms with Crippen molar-refractivity contribution in [2.75, 3.05) is 0 Å². The number of hydrogen-bond donors (Lipinski definition) is 2. The van der Waals surface area contributed by atoms with Crippen LogP contribution in [0.1, 0.15) is 43.0 Å². The van der Waals surface area contributed by atoms with E-state index in [0.29, 0.717) is 11.1 Å². The standard InChI is InChI=1S/2C9H10O2.Cd/c2*1-6-3-7(2)5-8(4-6)9(10)11;/h2*3-5H,1-2H3,(H,10,11);. The molecule has 0 heterocycles. The molecule has 2 N–H and O–H groups in total. The van der Waals surface area contributed by atoms with Crippen LogP contribution in [-0.4, -0.2) is 22.2 Å². The van der Waals surface area contributed by atoms with Gasteiger partial charge in [-0.1, -0.05) is 34.4 Å². The molecule has 0 aliphatic rings. The molecule has 0 atom stereocenters. The van der Waals surface area contributed by atoms with Crippen LogP contribution in [0, 0.1) is 27.7 Å². The molecule has 0 saturated heterocycles. The van der Waals surface area contributed by atoms with E-state index in [-0.39, 0.29) is 27.3 Å². The fourth-order valence-electron chi connectivity index (χ4n) is 2.20. The maximum Gasteiger partial charge on any atom is 0.335 e. The van der Waals surface area contributed by atoms with E-state index in [1.54, 1.807) is 24.3 Å². The minimum atomic E-state index is -0.864. The maximum absolute atomic E-state index is 10.5. The molecule has 0 aliphatic heterocycles. The summed E-state index contributed by atoms with van der Waals surface area (Å²) in [4.78, 5) is 21.0. The van der Waals surface area contributed by atoms with Crippen LogP contribution in [0.2, 0.25) is 0 Å². The van der Waals surface area contributed by atoms with Crippen molar-refractivity contribution in [3.8, 4) is 0 Å². The van der Waals surface area contributed by atoms with Gasteiger partial charge < -0.3 is 10.2 Å². The second-order valence-electron chi connectivity index (χ2n) is 5.36. The first-order chi connectivity index (χ1) is 10.2. The molecule has 118 valence electrons. The Balaban J connectivity index is 0.000000403. The number of carbonyl (C=O) groups is 2. The molecule has 2 aromatic rings. The Morgan fingerprint density at radius 3 is 1.00 bits per heavy atom. The van der Waals surface area contributed by atoms with E-state index in [1.807, 2.05) is 39.8 Å². The molecule has 0 spiro atoms. The SMILES string of the molecule is Cc1cc(C)cc(C(=O)O)c1.Cc1cc(C)cc(C(=O)O)c1.[Cd]. The zero-order chi connectivity index (χ0) is 16.9. The first kappa shape index (κ1) is 21.3. The number of carboxylic acid groups (broad SMARTS) is 2. The molecule has 0 radical (unpaired) electrons. The Bertz CT molecular complexity index is 606. The van der Waals surface area contributed by atoms with Crippen molar-refractivity contribution in [2.24, 2.45) is 0 Å². The largest absolute Gasteiger partial charge is 0.478 e. The van der Waals surface area contributed by atoms with Crippen LogP contribution in [0.3, 0.4) is 0 Å². The normalized spacial score (nSPS) is 9.22. The molecule has 2 aromatic carbocycles. The number of aromatic carboxylic acids is 2. The molecule has 5 heteroatoms. The van der Waals surface area contributed by atoms with Crippen molar-refractivity contribution in [1.82, 2.24) is 0 Å². The van der Waals surface area contributed by atoms with Crippen LogP contribution < -0.4 is 0 Å². The number of aryl methyl sites for hydroxylation is 4. The zero-order valence-electron chi connectivity index (χ0n) is 13.9. The van der Waals surface area contributed by atoms with Crippen molar-refractivity contribution in [2.45, 2.75) is 27.7 Å². The van der Waals surface area contributed by atoms with Gasteiger partial charge >= 0.3 is 11.9 Å². The average Bonchev–Trinajstić information content (AvgIpc) is 2.37. The predicted octanol–water partition coefficient (Wildman–Crippen LogP) is 4.00. The maximum atomic E-state index is 10.5. The first-order valence-corrected chi connectivity index (χ1v) is 6.82. The van der Waals surface area contributed by atoms with E-state index in [4.69, 9.17) is 10.2 Å². The van der Waals surface area contributed by atoms with Gasteiger partial charge in [0.25, 0.3) is 0 Å². The molecular weight excluding hydrogens is 393 g/mol. The summed E-state index contributed by atoms with van der Waals surface area (Å²) in [6.07, 6.45) is 0. The Morgan fingerprint density at radius 1 is 0.609 bits per heavy atom. The smallest absolute Gasteiger partial charge is 0.335 e. The second-order valence-corrected chi connectivity index (χ2v) is 5.36. The summed E-state index contributed by atoms with van der Waals surface area (Å²) in [5.74, 6) is -1.73. The molecule has 23 heavy (non-hydrogen) atoms. The third kappa shape index (κ3) is 7.41. The third-order valence-electron chi connectivity index (χ3n) is 2.94. The summed E-state index contributed by atoms with van der Waals surface area (Å²) in [5.41, 5.74) is 4.68. The van der Waals surface area contributed by atoms with Gasteiger partial charge in [-0.05, 0) is 52.0 Å². The first-order valence-electron chi connectivity index (χ1n) is 6.82. The van der Waals surface area contributed by atoms with Gasteiger partial charge in [-0.15, -0.1) is 0 Å². The van der Waals surface area contributed by atoms with Gasteiger partial charge in [0, 0.05) is 27.3 Å². The fraction of sp³-hybridized carbons (Fsp3) is 0.222. The van der Waals surface area contributed by atoms with Gasteiger partial charge in [0.05, 0.1) is 11.1 Å². The number of benzene rings is 2. The molecule has 4 nitrogen and oxygen atoms in total.